The SMILES string of the molecule is COc1ccc(F)cc1C(=O)C1CCCN(Cc2ccc3nsnc3c2)C1. The number of Topliss-reactive ketones (excluding diaryl/α,β-unsaturated/α-hetero) is 1. The number of methoxy groups -OCH3 is 1. The third kappa shape index (κ3) is 3.84. The summed E-state index contributed by atoms with van der Waals surface area (Å²) in [5.74, 6) is -0.189. The summed E-state index contributed by atoms with van der Waals surface area (Å²) >= 11 is 1.21. The number of halogens is 1. The quantitative estimate of drug-likeness (QED) is 0.623. The number of aromatic nitrogens is 2. The largest absolute Gasteiger partial charge is 0.496 e. The van der Waals surface area contributed by atoms with Crippen molar-refractivity contribution in [1.82, 2.24) is 13.6 Å². The summed E-state index contributed by atoms with van der Waals surface area (Å²) in [7, 11) is 1.50. The second kappa shape index (κ2) is 7.70. The van der Waals surface area contributed by atoms with Gasteiger partial charge in [-0.3, -0.25) is 9.69 Å². The molecule has 1 fully saturated rings. The maximum atomic E-state index is 13.6. The molecule has 0 spiro atoms. The van der Waals surface area contributed by atoms with Crippen LogP contribution in [0.25, 0.3) is 11.0 Å². The van der Waals surface area contributed by atoms with Gasteiger partial charge in [0.2, 0.25) is 0 Å². The van der Waals surface area contributed by atoms with Gasteiger partial charge >= 0.3 is 0 Å². The third-order valence-electron chi connectivity index (χ3n) is 5.03. The van der Waals surface area contributed by atoms with Crippen LogP contribution in [0.5, 0.6) is 5.75 Å². The first kappa shape index (κ1) is 18.0. The van der Waals surface area contributed by atoms with Gasteiger partial charge in [-0.05, 0) is 55.3 Å². The number of fused-ring (bicyclic) bond motifs is 1. The summed E-state index contributed by atoms with van der Waals surface area (Å²) in [6.45, 7) is 2.36. The fraction of sp³-hybridized carbons (Fsp3) is 0.350. The molecule has 4 rings (SSSR count). The number of likely N-dealkylation sites (tertiary alicyclic amines) is 1. The molecule has 1 aromatic heterocycles. The zero-order valence-corrected chi connectivity index (χ0v) is 15.8. The number of benzene rings is 2. The fourth-order valence-corrected chi connectivity index (χ4v) is 4.21. The molecule has 140 valence electrons. The number of ether oxygens (including phenoxy) is 1. The third-order valence-corrected chi connectivity index (χ3v) is 5.58. The van der Waals surface area contributed by atoms with Gasteiger partial charge in [-0.2, -0.15) is 8.75 Å². The van der Waals surface area contributed by atoms with Gasteiger partial charge in [-0.25, -0.2) is 4.39 Å². The van der Waals surface area contributed by atoms with Crippen molar-refractivity contribution < 1.29 is 13.9 Å². The molecule has 1 aliphatic heterocycles. The van der Waals surface area contributed by atoms with Crippen LogP contribution in [0.2, 0.25) is 0 Å². The lowest BCUT2D eigenvalue weighted by Crippen LogP contribution is -2.38. The van der Waals surface area contributed by atoms with Crippen molar-refractivity contribution in [2.75, 3.05) is 20.2 Å². The Bertz CT molecular complexity index is 975. The van der Waals surface area contributed by atoms with Gasteiger partial charge in [0.25, 0.3) is 0 Å². The first-order chi connectivity index (χ1) is 13.1. The lowest BCUT2D eigenvalue weighted by Gasteiger charge is -2.32. The maximum absolute atomic E-state index is 13.6. The van der Waals surface area contributed by atoms with E-state index in [4.69, 9.17) is 4.74 Å². The van der Waals surface area contributed by atoms with Gasteiger partial charge in [-0.15, -0.1) is 0 Å². The molecule has 1 aliphatic rings. The van der Waals surface area contributed by atoms with Gasteiger partial charge in [0.1, 0.15) is 22.6 Å². The Balaban J connectivity index is 1.49. The Morgan fingerprint density at radius 1 is 1.26 bits per heavy atom. The predicted molar refractivity (Wildman–Crippen MR) is 103 cm³/mol. The predicted octanol–water partition coefficient (Wildman–Crippen LogP) is 3.93. The van der Waals surface area contributed by atoms with Gasteiger partial charge in [0.15, 0.2) is 5.78 Å². The highest BCUT2D eigenvalue weighted by Crippen LogP contribution is 2.28. The molecule has 1 unspecified atom stereocenters. The number of nitrogens with zero attached hydrogens (tertiary/aromatic N) is 3. The Hall–Kier alpha value is -2.38. The van der Waals surface area contributed by atoms with Crippen LogP contribution < -0.4 is 4.74 Å². The molecule has 3 aromatic rings. The van der Waals surface area contributed by atoms with E-state index < -0.39 is 5.82 Å². The average molecular weight is 385 g/mol. The number of carbonyl (C=O) groups is 1. The van der Waals surface area contributed by atoms with E-state index in [1.54, 1.807) is 0 Å². The zero-order valence-electron chi connectivity index (χ0n) is 15.0. The first-order valence-electron chi connectivity index (χ1n) is 8.95. The second-order valence-electron chi connectivity index (χ2n) is 6.87. The normalized spacial score (nSPS) is 17.9. The Kier molecular flexibility index (Phi) is 5.13. The second-order valence-corrected chi connectivity index (χ2v) is 7.40. The Morgan fingerprint density at radius 3 is 2.96 bits per heavy atom. The topological polar surface area (TPSA) is 55.3 Å². The fourth-order valence-electron chi connectivity index (χ4n) is 3.69. The van der Waals surface area contributed by atoms with Crippen molar-refractivity contribution in [3.05, 3.63) is 53.3 Å². The lowest BCUT2D eigenvalue weighted by atomic mass is 9.89. The van der Waals surface area contributed by atoms with E-state index in [-0.39, 0.29) is 11.7 Å². The minimum atomic E-state index is -0.419. The van der Waals surface area contributed by atoms with E-state index in [9.17, 15) is 9.18 Å². The summed E-state index contributed by atoms with van der Waals surface area (Å²) < 4.78 is 27.4. The van der Waals surface area contributed by atoms with E-state index in [2.05, 4.69) is 25.8 Å². The molecular weight excluding hydrogens is 365 g/mol. The van der Waals surface area contributed by atoms with Gasteiger partial charge in [0, 0.05) is 19.0 Å². The molecule has 2 heterocycles. The van der Waals surface area contributed by atoms with Crippen LogP contribution in [0.1, 0.15) is 28.8 Å². The standard InChI is InChI=1S/C20H20FN3O2S/c1-26-19-7-5-15(21)10-16(19)20(25)14-3-2-8-24(12-14)11-13-4-6-17-18(9-13)23-27-22-17/h4-7,9-10,14H,2-3,8,11-12H2,1H3. The highest BCUT2D eigenvalue weighted by Gasteiger charge is 2.28. The molecule has 27 heavy (non-hydrogen) atoms. The highest BCUT2D eigenvalue weighted by atomic mass is 32.1. The van der Waals surface area contributed by atoms with Crippen LogP contribution in [0.15, 0.2) is 36.4 Å². The molecule has 0 saturated carbocycles. The van der Waals surface area contributed by atoms with Gasteiger partial charge in [-0.1, -0.05) is 6.07 Å². The van der Waals surface area contributed by atoms with Crippen LogP contribution >= 0.6 is 11.7 Å². The van der Waals surface area contributed by atoms with E-state index >= 15 is 0 Å². The van der Waals surface area contributed by atoms with Crippen LogP contribution in [-0.2, 0) is 6.54 Å². The Labute approximate surface area is 161 Å². The van der Waals surface area contributed by atoms with Crippen molar-refractivity contribution in [1.29, 1.82) is 0 Å². The molecule has 0 bridgehead atoms. The number of hydrogen-bond acceptors (Lipinski definition) is 6. The van der Waals surface area contributed by atoms with Gasteiger partial charge in [0.05, 0.1) is 24.4 Å². The smallest absolute Gasteiger partial charge is 0.171 e. The minimum Gasteiger partial charge on any atom is -0.496 e. The first-order valence-corrected chi connectivity index (χ1v) is 9.68. The summed E-state index contributed by atoms with van der Waals surface area (Å²) in [5, 5.41) is 0. The summed E-state index contributed by atoms with van der Waals surface area (Å²) in [5.41, 5.74) is 3.31. The van der Waals surface area contributed by atoms with Crippen molar-refractivity contribution >= 4 is 28.5 Å². The molecule has 7 heteroatoms. The van der Waals surface area contributed by atoms with E-state index in [1.807, 2.05) is 6.07 Å². The number of hydrogen-bond donors (Lipinski definition) is 0. The number of carbonyl (C=O) groups excluding carboxylic acids is 1. The summed E-state index contributed by atoms with van der Waals surface area (Å²) in [4.78, 5) is 15.3. The van der Waals surface area contributed by atoms with Crippen LogP contribution in [-0.4, -0.2) is 39.6 Å². The number of rotatable bonds is 5. The molecule has 1 saturated heterocycles. The van der Waals surface area contributed by atoms with Crippen molar-refractivity contribution in [3.8, 4) is 5.75 Å². The van der Waals surface area contributed by atoms with Crippen molar-refractivity contribution in [2.45, 2.75) is 19.4 Å². The molecule has 0 aliphatic carbocycles. The lowest BCUT2D eigenvalue weighted by molar-refractivity contribution is 0.0808. The maximum Gasteiger partial charge on any atom is 0.171 e. The molecule has 0 N–H and O–H groups in total. The number of piperidine rings is 1. The summed E-state index contributed by atoms with van der Waals surface area (Å²) in [6.07, 6.45) is 1.75. The van der Waals surface area contributed by atoms with E-state index in [1.165, 1.54) is 37.0 Å². The monoisotopic (exact) mass is 385 g/mol. The summed E-state index contributed by atoms with van der Waals surface area (Å²) in [6, 6.07) is 10.2. The highest BCUT2D eigenvalue weighted by molar-refractivity contribution is 7.00. The molecular formula is C20H20FN3O2S. The van der Waals surface area contributed by atoms with E-state index in [0.29, 0.717) is 17.9 Å². The van der Waals surface area contributed by atoms with Gasteiger partial charge < -0.3 is 4.74 Å². The molecule has 0 amide bonds. The van der Waals surface area contributed by atoms with E-state index in [0.717, 1.165) is 42.5 Å². The molecule has 2 aromatic carbocycles. The molecule has 0 radical (unpaired) electrons. The minimum absolute atomic E-state index is 0.0461. The Morgan fingerprint density at radius 2 is 2.11 bits per heavy atom. The van der Waals surface area contributed by atoms with Crippen molar-refractivity contribution in [3.63, 3.8) is 0 Å². The van der Waals surface area contributed by atoms with Crippen LogP contribution in [0.4, 0.5) is 4.39 Å². The zero-order chi connectivity index (χ0) is 18.8. The number of ketones is 1. The van der Waals surface area contributed by atoms with Crippen LogP contribution in [0, 0.1) is 11.7 Å². The van der Waals surface area contributed by atoms with Crippen molar-refractivity contribution in [2.24, 2.45) is 5.92 Å². The molecule has 5 nitrogen and oxygen atoms in total. The van der Waals surface area contributed by atoms with Crippen LogP contribution in [0.3, 0.4) is 0 Å². The molecule has 1 atom stereocenters. The average Bonchev–Trinajstić information content (AvgIpc) is 3.15.